The molecule has 20 heavy (non-hydrogen) atoms. The third kappa shape index (κ3) is 3.33. The van der Waals surface area contributed by atoms with E-state index in [9.17, 15) is 9.90 Å². The lowest BCUT2D eigenvalue weighted by molar-refractivity contribution is -0.183. The second-order valence-corrected chi connectivity index (χ2v) is 5.58. The first-order chi connectivity index (χ1) is 9.67. The van der Waals surface area contributed by atoms with Gasteiger partial charge in [-0.15, -0.1) is 0 Å². The zero-order valence-electron chi connectivity index (χ0n) is 12.0. The van der Waals surface area contributed by atoms with E-state index >= 15 is 0 Å². The maximum absolute atomic E-state index is 11.2. The Bertz CT molecular complexity index is 361. The van der Waals surface area contributed by atoms with Gasteiger partial charge in [0.05, 0.1) is 0 Å². The molecule has 114 valence electrons. The first-order valence-corrected chi connectivity index (χ1v) is 7.51. The van der Waals surface area contributed by atoms with Crippen LogP contribution in [0.2, 0.25) is 0 Å². The maximum atomic E-state index is 11.2. The molecule has 0 aromatic heterocycles. The Labute approximate surface area is 119 Å². The van der Waals surface area contributed by atoms with Crippen LogP contribution in [-0.2, 0) is 14.3 Å². The summed E-state index contributed by atoms with van der Waals surface area (Å²) in [7, 11) is 0. The van der Waals surface area contributed by atoms with Gasteiger partial charge in [-0.3, -0.25) is 0 Å². The number of carboxylic acid groups (broad SMARTS) is 1. The van der Waals surface area contributed by atoms with E-state index in [0.29, 0.717) is 18.9 Å². The standard InChI is InChI=1S/C15H24O5/c1-2-19-15-11(7-4-8-16)12(10-5-3-6-10)9-13(20-15)14(17)18/h9-12,15-16H,2-8H2,1H3,(H,17,18)/t11-,12-,15-/m1/s1. The van der Waals surface area contributed by atoms with E-state index in [1.807, 2.05) is 6.92 Å². The van der Waals surface area contributed by atoms with Crippen molar-refractivity contribution in [2.75, 3.05) is 13.2 Å². The van der Waals surface area contributed by atoms with Crippen LogP contribution >= 0.6 is 0 Å². The van der Waals surface area contributed by atoms with Crippen LogP contribution in [0.25, 0.3) is 0 Å². The minimum Gasteiger partial charge on any atom is -0.475 e. The van der Waals surface area contributed by atoms with Crippen molar-refractivity contribution in [3.05, 3.63) is 11.8 Å². The normalized spacial score (nSPS) is 30.3. The molecule has 0 bridgehead atoms. The van der Waals surface area contributed by atoms with Crippen LogP contribution in [0.15, 0.2) is 11.8 Å². The molecule has 5 heteroatoms. The van der Waals surface area contributed by atoms with E-state index in [1.165, 1.54) is 6.42 Å². The largest absolute Gasteiger partial charge is 0.475 e. The smallest absolute Gasteiger partial charge is 0.370 e. The van der Waals surface area contributed by atoms with E-state index < -0.39 is 12.3 Å². The van der Waals surface area contributed by atoms with Crippen LogP contribution in [0.4, 0.5) is 0 Å². The van der Waals surface area contributed by atoms with Crippen LogP contribution in [0.3, 0.4) is 0 Å². The van der Waals surface area contributed by atoms with Crippen LogP contribution in [0.5, 0.6) is 0 Å². The van der Waals surface area contributed by atoms with Gasteiger partial charge in [0.25, 0.3) is 0 Å². The number of aliphatic hydroxyl groups is 1. The summed E-state index contributed by atoms with van der Waals surface area (Å²) >= 11 is 0. The third-order valence-electron chi connectivity index (χ3n) is 4.36. The van der Waals surface area contributed by atoms with Crippen LogP contribution in [0.1, 0.15) is 39.0 Å². The van der Waals surface area contributed by atoms with Crippen LogP contribution < -0.4 is 0 Å². The number of rotatable bonds is 7. The minimum absolute atomic E-state index is 0.0144. The molecule has 0 aromatic carbocycles. The Hall–Kier alpha value is -1.07. The Morgan fingerprint density at radius 2 is 2.25 bits per heavy atom. The number of ether oxygens (including phenoxy) is 2. The average Bonchev–Trinajstić information content (AvgIpc) is 2.35. The first-order valence-electron chi connectivity index (χ1n) is 7.51. The number of allylic oxidation sites excluding steroid dienone is 1. The highest BCUT2D eigenvalue weighted by Gasteiger charge is 2.42. The second-order valence-electron chi connectivity index (χ2n) is 5.58. The van der Waals surface area contributed by atoms with E-state index in [-0.39, 0.29) is 24.2 Å². The molecule has 0 unspecified atom stereocenters. The Balaban J connectivity index is 2.18. The molecular formula is C15H24O5. The number of aliphatic carboxylic acids is 1. The molecule has 0 aromatic rings. The van der Waals surface area contributed by atoms with Crippen molar-refractivity contribution in [3.63, 3.8) is 0 Å². The summed E-state index contributed by atoms with van der Waals surface area (Å²) in [5.41, 5.74) is 0. The third-order valence-corrected chi connectivity index (χ3v) is 4.36. The lowest BCUT2D eigenvalue weighted by Gasteiger charge is -2.42. The Kier molecular flexibility index (Phi) is 5.43. The zero-order valence-corrected chi connectivity index (χ0v) is 12.0. The van der Waals surface area contributed by atoms with Crippen molar-refractivity contribution in [1.82, 2.24) is 0 Å². The number of carboxylic acids is 1. The van der Waals surface area contributed by atoms with Crippen molar-refractivity contribution >= 4 is 5.97 Å². The van der Waals surface area contributed by atoms with Gasteiger partial charge in [0.2, 0.25) is 12.0 Å². The van der Waals surface area contributed by atoms with E-state index in [1.54, 1.807) is 6.08 Å². The molecule has 1 fully saturated rings. The number of hydrogen-bond donors (Lipinski definition) is 2. The fourth-order valence-electron chi connectivity index (χ4n) is 3.14. The van der Waals surface area contributed by atoms with Crippen molar-refractivity contribution in [3.8, 4) is 0 Å². The SMILES string of the molecule is CCO[C@@H]1OC(C(=O)O)=C[C@H](C2CCC2)[C@H]1CCCO. The summed E-state index contributed by atoms with van der Waals surface area (Å²) in [6.07, 6.45) is 6.25. The monoisotopic (exact) mass is 284 g/mol. The molecule has 1 aliphatic heterocycles. The minimum atomic E-state index is -1.03. The fourth-order valence-corrected chi connectivity index (χ4v) is 3.14. The van der Waals surface area contributed by atoms with Crippen molar-refractivity contribution in [1.29, 1.82) is 0 Å². The fraction of sp³-hybridized carbons (Fsp3) is 0.800. The van der Waals surface area contributed by atoms with Gasteiger partial charge in [0.15, 0.2) is 0 Å². The molecule has 1 saturated carbocycles. The van der Waals surface area contributed by atoms with Gasteiger partial charge in [-0.2, -0.15) is 0 Å². The zero-order chi connectivity index (χ0) is 14.5. The van der Waals surface area contributed by atoms with Gasteiger partial charge in [-0.25, -0.2) is 4.79 Å². The summed E-state index contributed by atoms with van der Waals surface area (Å²) in [6.45, 7) is 2.51. The van der Waals surface area contributed by atoms with Crippen molar-refractivity contribution in [2.24, 2.45) is 17.8 Å². The molecule has 1 aliphatic carbocycles. The molecule has 2 rings (SSSR count). The quantitative estimate of drug-likeness (QED) is 0.749. The molecule has 1 heterocycles. The summed E-state index contributed by atoms with van der Waals surface area (Å²) < 4.78 is 11.1. The Morgan fingerprint density at radius 1 is 1.50 bits per heavy atom. The first kappa shape index (κ1) is 15.3. The van der Waals surface area contributed by atoms with Gasteiger partial charge in [-0.1, -0.05) is 6.42 Å². The predicted octanol–water partition coefficient (Wildman–Crippen LogP) is 2.15. The predicted molar refractivity (Wildman–Crippen MR) is 72.9 cm³/mol. The van der Waals surface area contributed by atoms with Crippen LogP contribution in [0, 0.1) is 17.8 Å². The highest BCUT2D eigenvalue weighted by molar-refractivity contribution is 5.84. The molecule has 5 nitrogen and oxygen atoms in total. The molecule has 2 aliphatic rings. The molecule has 0 saturated heterocycles. The van der Waals surface area contributed by atoms with Crippen LogP contribution in [-0.4, -0.2) is 35.7 Å². The molecule has 2 N–H and O–H groups in total. The lowest BCUT2D eigenvalue weighted by Crippen LogP contribution is -2.41. The number of hydrogen-bond acceptors (Lipinski definition) is 4. The lowest BCUT2D eigenvalue weighted by atomic mass is 9.68. The molecule has 0 amide bonds. The van der Waals surface area contributed by atoms with Gasteiger partial charge < -0.3 is 19.7 Å². The highest BCUT2D eigenvalue weighted by atomic mass is 16.7. The maximum Gasteiger partial charge on any atom is 0.370 e. The van der Waals surface area contributed by atoms with Gasteiger partial charge >= 0.3 is 5.97 Å². The summed E-state index contributed by atoms with van der Waals surface area (Å²) in [5, 5.41) is 18.2. The average molecular weight is 284 g/mol. The molecular weight excluding hydrogens is 260 g/mol. The number of aliphatic hydroxyl groups excluding tert-OH is 1. The number of carbonyl (C=O) groups is 1. The summed E-state index contributed by atoms with van der Waals surface area (Å²) in [6, 6.07) is 0. The Morgan fingerprint density at radius 3 is 2.75 bits per heavy atom. The van der Waals surface area contributed by atoms with Crippen molar-refractivity contribution < 1.29 is 24.5 Å². The van der Waals surface area contributed by atoms with E-state index in [0.717, 1.165) is 19.3 Å². The van der Waals surface area contributed by atoms with Gasteiger partial charge in [-0.05, 0) is 50.5 Å². The second kappa shape index (κ2) is 7.09. The van der Waals surface area contributed by atoms with E-state index in [2.05, 4.69) is 0 Å². The van der Waals surface area contributed by atoms with Gasteiger partial charge in [0.1, 0.15) is 0 Å². The van der Waals surface area contributed by atoms with Gasteiger partial charge in [0, 0.05) is 19.1 Å². The summed E-state index contributed by atoms with van der Waals surface area (Å²) in [5.74, 6) is -0.165. The molecule has 0 spiro atoms. The summed E-state index contributed by atoms with van der Waals surface area (Å²) in [4.78, 5) is 11.2. The molecule has 0 radical (unpaired) electrons. The highest BCUT2D eigenvalue weighted by Crippen LogP contribution is 2.44. The molecule has 3 atom stereocenters. The van der Waals surface area contributed by atoms with Crippen molar-refractivity contribution in [2.45, 2.75) is 45.3 Å². The van der Waals surface area contributed by atoms with E-state index in [4.69, 9.17) is 14.6 Å². The topological polar surface area (TPSA) is 76.0 Å².